The summed E-state index contributed by atoms with van der Waals surface area (Å²) < 4.78 is 85.8. The minimum absolute atomic E-state index is 0.0103. The topological polar surface area (TPSA) is 454 Å². The zero-order chi connectivity index (χ0) is 84.6. The molecule has 2 aliphatic heterocycles. The first-order chi connectivity index (χ1) is 54.6. The van der Waals surface area contributed by atoms with Gasteiger partial charge in [-0.05, 0) is 91.6 Å². The summed E-state index contributed by atoms with van der Waals surface area (Å²) in [6.07, 6.45) is -0.111. The molecule has 636 valence electrons. The van der Waals surface area contributed by atoms with E-state index in [1.807, 2.05) is 45.0 Å². The molecule has 34 nitrogen and oxygen atoms in total. The normalized spacial score (nSPS) is 18.1. The van der Waals surface area contributed by atoms with E-state index in [4.69, 9.17) is 63.5 Å². The Morgan fingerprint density at radius 2 is 1.35 bits per heavy atom. The van der Waals surface area contributed by atoms with Crippen LogP contribution in [0, 0.1) is 23.2 Å². The van der Waals surface area contributed by atoms with Gasteiger partial charge in [0, 0.05) is 89.4 Å². The van der Waals surface area contributed by atoms with Crippen LogP contribution in [0.15, 0.2) is 91.5 Å². The number of amides is 9. The van der Waals surface area contributed by atoms with Crippen LogP contribution in [0.3, 0.4) is 0 Å². The Labute approximate surface area is 676 Å². The second-order valence-corrected chi connectivity index (χ2v) is 30.7. The van der Waals surface area contributed by atoms with Crippen LogP contribution in [-0.2, 0) is 125 Å². The lowest BCUT2D eigenvalue weighted by atomic mass is 9.92. The van der Waals surface area contributed by atoms with Gasteiger partial charge < -0.3 is 94.8 Å². The highest BCUT2D eigenvalue weighted by Gasteiger charge is 2.48. The van der Waals surface area contributed by atoms with Crippen molar-refractivity contribution < 1.29 is 118 Å². The highest BCUT2D eigenvalue weighted by Crippen LogP contribution is 2.45. The minimum Gasteiger partial charge on any atom is -0.495 e. The zero-order valence-corrected chi connectivity index (χ0v) is 68.3. The van der Waals surface area contributed by atoms with Gasteiger partial charge in [-0.15, -0.1) is 0 Å². The molecule has 2 aliphatic rings. The van der Waals surface area contributed by atoms with Crippen molar-refractivity contribution in [2.24, 2.45) is 23.2 Å². The monoisotopic (exact) mass is 1650 g/mol. The molecule has 9 amide bonds. The molecule has 0 aromatic heterocycles. The molecule has 1 saturated heterocycles. The Hall–Kier alpha value is -9.62. The Morgan fingerprint density at radius 1 is 0.722 bits per heavy atom. The number of carbonyl (C=O) groups excluding carboxylic acids is 12. The average molecular weight is 1660 g/mol. The summed E-state index contributed by atoms with van der Waals surface area (Å²) in [7, 11) is -2.68. The van der Waals surface area contributed by atoms with Crippen molar-refractivity contribution in [2.75, 3.05) is 110 Å². The Balaban J connectivity index is 1.02. The molecule has 5 rings (SSSR count). The lowest BCUT2D eigenvalue weighted by Gasteiger charge is -2.29. The van der Waals surface area contributed by atoms with Gasteiger partial charge in [0.15, 0.2) is 6.10 Å². The van der Waals surface area contributed by atoms with Gasteiger partial charge in [-0.3, -0.25) is 52.5 Å². The molecule has 8 atom stereocenters. The highest BCUT2D eigenvalue weighted by molar-refractivity contribution is 7.85. The molecule has 115 heavy (non-hydrogen) atoms. The number of hydrogen-bond donors (Lipinski definition) is 9. The minimum atomic E-state index is -4.16. The summed E-state index contributed by atoms with van der Waals surface area (Å²) >= 11 is 6.40. The SMILES string of the molecule is C=CCOC(=O)CCN(CCC(=O)N[C@H](C(=O)N[C@@H](C)C(=O)Nc1ccc(COC(=O)NCc2ccc([C@H]3O[C@@H]3[C@@H](C)[C@@H]3C/C=C/C(=O)N[C@H](Cc4ccc(OC)c(Cl)c4)C(=O)NCC(C)(C)C(=O)O[C@@H](CC(C)C)C(=O)O3)cc2)cc1)C(C)C)C(=O)CCC(=O)NCCOCCOCCOCCOCCC(=O)NCCS(=O)(=O)O. The van der Waals surface area contributed by atoms with E-state index in [1.54, 1.807) is 76.2 Å². The smallest absolute Gasteiger partial charge is 0.407 e. The molecule has 0 unspecified atom stereocenters. The fraction of sp³-hybridized carbons (Fsp3) is 0.570. The summed E-state index contributed by atoms with van der Waals surface area (Å²) in [5, 5.41) is 21.6. The summed E-state index contributed by atoms with van der Waals surface area (Å²) in [4.78, 5) is 160. The fourth-order valence-electron chi connectivity index (χ4n) is 11.2. The third kappa shape index (κ3) is 37.3. The number of ether oxygens (including phenoxy) is 10. The lowest BCUT2D eigenvalue weighted by Crippen LogP contribution is -2.54. The predicted molar refractivity (Wildman–Crippen MR) is 420 cm³/mol. The molecule has 36 heteroatoms. The Bertz CT molecular complexity index is 3870. The van der Waals surface area contributed by atoms with Gasteiger partial charge in [-0.25, -0.2) is 9.59 Å². The van der Waals surface area contributed by atoms with E-state index in [0.717, 1.165) is 11.1 Å². The van der Waals surface area contributed by atoms with Crippen LogP contribution in [0.1, 0.15) is 129 Å². The van der Waals surface area contributed by atoms with Crippen LogP contribution in [-0.4, -0.2) is 231 Å². The molecule has 9 N–H and O–H groups in total. The molecular formula is C79H112ClN9O25S. The van der Waals surface area contributed by atoms with Gasteiger partial charge in [0.05, 0.1) is 88.7 Å². The number of methoxy groups -OCH3 is 1. The summed E-state index contributed by atoms with van der Waals surface area (Å²) in [5.74, 6) is -7.60. The van der Waals surface area contributed by atoms with Gasteiger partial charge in [0.2, 0.25) is 47.3 Å². The van der Waals surface area contributed by atoms with Crippen molar-refractivity contribution in [3.05, 3.63) is 119 Å². The number of benzene rings is 3. The predicted octanol–water partition coefficient (Wildman–Crippen LogP) is 4.83. The van der Waals surface area contributed by atoms with Gasteiger partial charge >= 0.3 is 24.0 Å². The van der Waals surface area contributed by atoms with E-state index in [0.29, 0.717) is 27.6 Å². The van der Waals surface area contributed by atoms with Crippen LogP contribution in [0.25, 0.3) is 0 Å². The quantitative estimate of drug-likeness (QED) is 0.00913. The maximum Gasteiger partial charge on any atom is 0.407 e. The fourth-order valence-corrected chi connectivity index (χ4v) is 11.9. The molecule has 0 aliphatic carbocycles. The van der Waals surface area contributed by atoms with E-state index < -0.39 is 147 Å². The van der Waals surface area contributed by atoms with E-state index in [9.17, 15) is 66.0 Å². The summed E-state index contributed by atoms with van der Waals surface area (Å²) in [5.41, 5.74) is 1.86. The molecule has 0 saturated carbocycles. The number of esters is 3. The number of rotatable bonds is 47. The molecule has 0 spiro atoms. The maximum atomic E-state index is 14.0. The third-order valence-corrected chi connectivity index (χ3v) is 19.0. The van der Waals surface area contributed by atoms with Crippen LogP contribution in [0.4, 0.5) is 10.5 Å². The second kappa shape index (κ2) is 50.0. The van der Waals surface area contributed by atoms with Crippen molar-refractivity contribution in [3.8, 4) is 5.75 Å². The second-order valence-electron chi connectivity index (χ2n) is 28.8. The van der Waals surface area contributed by atoms with Crippen molar-refractivity contribution in [2.45, 2.75) is 162 Å². The lowest BCUT2D eigenvalue weighted by molar-refractivity contribution is -0.179. The van der Waals surface area contributed by atoms with Crippen LogP contribution in [0.5, 0.6) is 5.75 Å². The molecule has 0 radical (unpaired) electrons. The molecule has 2 heterocycles. The average Bonchev–Trinajstić information content (AvgIpc) is 1.63. The largest absolute Gasteiger partial charge is 0.495 e. The van der Waals surface area contributed by atoms with Crippen molar-refractivity contribution in [3.63, 3.8) is 0 Å². The first kappa shape index (κ1) is 96.0. The number of halogens is 1. The Morgan fingerprint density at radius 3 is 1.98 bits per heavy atom. The van der Waals surface area contributed by atoms with Gasteiger partial charge in [0.1, 0.15) is 49.3 Å². The molecule has 3 aromatic carbocycles. The van der Waals surface area contributed by atoms with Crippen molar-refractivity contribution in [1.29, 1.82) is 0 Å². The molecule has 3 aromatic rings. The first-order valence-electron chi connectivity index (χ1n) is 38.1. The van der Waals surface area contributed by atoms with Gasteiger partial charge in [-0.1, -0.05) is 107 Å². The number of nitrogens with zero attached hydrogens (tertiary/aromatic N) is 1. The number of alkyl carbamates (subject to hydrolysis) is 1. The van der Waals surface area contributed by atoms with Crippen molar-refractivity contribution >= 4 is 98.7 Å². The zero-order valence-electron chi connectivity index (χ0n) is 66.7. The molecule has 1 fully saturated rings. The summed E-state index contributed by atoms with van der Waals surface area (Å²) in [6.45, 7) is 18.3. The first-order valence-corrected chi connectivity index (χ1v) is 40.1. The number of nitrogens with one attached hydrogen (secondary N) is 8. The standard InChI is InChI=1S/C79H112ClN9O25S/c1-11-34-110-69(95)28-33-89(68(94)26-25-64(90)81-30-36-107-38-40-109-42-41-108-39-37-106-35-29-65(91)82-31-43-115(102,103)104)32-27-67(93)88-70(51(4)5)75(98)85-53(7)73(96)86-58-22-17-55(18-23-58)48-111-78(101)83-47-54-15-20-57(21-16-54)72-71(114-72)52(6)61-13-12-14-66(92)87-60(46-56-19-24-62(105-10)59(80)45-56)74(97)84-49-79(8,9)77(100)113-63(44-50(2)3)76(99)112-61/h11-12,14-24,45,50-53,60-61,63,70-72H,1,13,25-44,46-49H2,2-10H3,(H,81,90)(H,82,91)(H,83,101)(H,84,97)(H,85,98)(H,86,96)(H,87,92)(H,88,93)(H,102,103,104)/b14-12+/t52-,53-,60+,61-,63-,70-,71+,72+/m0/s1. The maximum absolute atomic E-state index is 14.0. The van der Waals surface area contributed by atoms with E-state index in [1.165, 1.54) is 31.1 Å². The Kier molecular flexibility index (Phi) is 41.7. The molecular weight excluding hydrogens is 1540 g/mol. The molecule has 0 bridgehead atoms. The van der Waals surface area contributed by atoms with Crippen LogP contribution >= 0.6 is 11.6 Å². The van der Waals surface area contributed by atoms with E-state index in [2.05, 4.69) is 49.1 Å². The van der Waals surface area contributed by atoms with Gasteiger partial charge in [0.25, 0.3) is 10.1 Å². The summed E-state index contributed by atoms with van der Waals surface area (Å²) in [6, 6.07) is 15.6. The van der Waals surface area contributed by atoms with Crippen molar-refractivity contribution in [1.82, 2.24) is 42.1 Å². The van der Waals surface area contributed by atoms with Crippen LogP contribution < -0.4 is 47.3 Å². The van der Waals surface area contributed by atoms with E-state index >= 15 is 0 Å². The third-order valence-electron chi connectivity index (χ3n) is 17.9. The van der Waals surface area contributed by atoms with Crippen LogP contribution in [0.2, 0.25) is 5.02 Å². The number of anilines is 1. The number of cyclic esters (lactones) is 2. The van der Waals surface area contributed by atoms with E-state index in [-0.39, 0.29) is 163 Å². The highest BCUT2D eigenvalue weighted by atomic mass is 35.5. The van der Waals surface area contributed by atoms with Gasteiger partial charge in [-0.2, -0.15) is 8.42 Å². The number of epoxide rings is 1. The number of hydrogen-bond acceptors (Lipinski definition) is 24. The number of carbonyl (C=O) groups is 12.